The molecule has 20 heavy (non-hydrogen) atoms. The number of hydrogen-bond acceptors (Lipinski definition) is 3. The van der Waals surface area contributed by atoms with Gasteiger partial charge in [0, 0.05) is 13.1 Å². The molecule has 1 amide bonds. The van der Waals surface area contributed by atoms with Gasteiger partial charge in [-0.05, 0) is 38.0 Å². The second kappa shape index (κ2) is 5.77. The van der Waals surface area contributed by atoms with E-state index in [9.17, 15) is 4.79 Å². The Labute approximate surface area is 118 Å². The number of benzene rings is 1. The van der Waals surface area contributed by atoms with Crippen molar-refractivity contribution >= 4 is 11.7 Å². The summed E-state index contributed by atoms with van der Waals surface area (Å²) < 4.78 is 7.19. The predicted molar refractivity (Wildman–Crippen MR) is 78.0 cm³/mol. The topological polar surface area (TPSA) is 56.1 Å². The van der Waals surface area contributed by atoms with Crippen LogP contribution >= 0.6 is 0 Å². The van der Waals surface area contributed by atoms with Crippen molar-refractivity contribution in [2.75, 3.05) is 11.9 Å². The van der Waals surface area contributed by atoms with Gasteiger partial charge in [0.05, 0.1) is 5.69 Å². The van der Waals surface area contributed by atoms with Gasteiger partial charge in [0.2, 0.25) is 0 Å². The van der Waals surface area contributed by atoms with Gasteiger partial charge in [0.15, 0.2) is 6.61 Å². The SMILES string of the molecule is Cc1ccc(C)c(OCC(=O)Nc2cc(C)nn2C)c1. The van der Waals surface area contributed by atoms with E-state index in [1.54, 1.807) is 11.7 Å². The van der Waals surface area contributed by atoms with Gasteiger partial charge in [-0.1, -0.05) is 12.1 Å². The monoisotopic (exact) mass is 273 g/mol. The first-order valence-electron chi connectivity index (χ1n) is 6.46. The Bertz CT molecular complexity index is 632. The predicted octanol–water partition coefficient (Wildman–Crippen LogP) is 2.36. The van der Waals surface area contributed by atoms with Crippen LogP contribution in [0.3, 0.4) is 0 Å². The van der Waals surface area contributed by atoms with Gasteiger partial charge >= 0.3 is 0 Å². The van der Waals surface area contributed by atoms with E-state index in [4.69, 9.17) is 4.74 Å². The van der Waals surface area contributed by atoms with Crippen molar-refractivity contribution in [3.05, 3.63) is 41.1 Å². The molecule has 1 heterocycles. The summed E-state index contributed by atoms with van der Waals surface area (Å²) >= 11 is 0. The lowest BCUT2D eigenvalue weighted by molar-refractivity contribution is -0.118. The molecule has 0 saturated heterocycles. The van der Waals surface area contributed by atoms with E-state index < -0.39 is 0 Å². The maximum Gasteiger partial charge on any atom is 0.263 e. The normalized spacial score (nSPS) is 10.4. The van der Waals surface area contributed by atoms with Crippen LogP contribution in [0.15, 0.2) is 24.3 Å². The van der Waals surface area contributed by atoms with Gasteiger partial charge in [-0.2, -0.15) is 5.10 Å². The van der Waals surface area contributed by atoms with Crippen molar-refractivity contribution in [1.29, 1.82) is 0 Å². The van der Waals surface area contributed by atoms with Crippen LogP contribution < -0.4 is 10.1 Å². The highest BCUT2D eigenvalue weighted by atomic mass is 16.5. The molecule has 0 unspecified atom stereocenters. The zero-order valence-electron chi connectivity index (χ0n) is 12.2. The summed E-state index contributed by atoms with van der Waals surface area (Å²) in [6.07, 6.45) is 0. The highest BCUT2D eigenvalue weighted by molar-refractivity contribution is 5.91. The van der Waals surface area contributed by atoms with Crippen molar-refractivity contribution in [2.24, 2.45) is 7.05 Å². The van der Waals surface area contributed by atoms with Crippen LogP contribution in [0.2, 0.25) is 0 Å². The number of carbonyl (C=O) groups is 1. The first-order valence-corrected chi connectivity index (χ1v) is 6.46. The van der Waals surface area contributed by atoms with Gasteiger partial charge < -0.3 is 10.1 Å². The van der Waals surface area contributed by atoms with Gasteiger partial charge in [-0.15, -0.1) is 0 Å². The number of amides is 1. The Hall–Kier alpha value is -2.30. The summed E-state index contributed by atoms with van der Waals surface area (Å²) in [5, 5.41) is 6.94. The molecule has 0 aliphatic rings. The van der Waals surface area contributed by atoms with Gasteiger partial charge in [-0.3, -0.25) is 9.48 Å². The number of rotatable bonds is 4. The van der Waals surface area contributed by atoms with Crippen LogP contribution in [0, 0.1) is 20.8 Å². The summed E-state index contributed by atoms with van der Waals surface area (Å²) in [5.74, 6) is 1.20. The lowest BCUT2D eigenvalue weighted by atomic mass is 10.1. The van der Waals surface area contributed by atoms with Crippen molar-refractivity contribution in [3.8, 4) is 5.75 Å². The second-order valence-electron chi connectivity index (χ2n) is 4.90. The number of aromatic nitrogens is 2. The quantitative estimate of drug-likeness (QED) is 0.930. The summed E-state index contributed by atoms with van der Waals surface area (Å²) in [6, 6.07) is 7.74. The van der Waals surface area contributed by atoms with Crippen molar-refractivity contribution < 1.29 is 9.53 Å². The highest BCUT2D eigenvalue weighted by Gasteiger charge is 2.08. The molecule has 1 N–H and O–H groups in total. The Balaban J connectivity index is 1.95. The smallest absolute Gasteiger partial charge is 0.263 e. The Morgan fingerprint density at radius 3 is 2.70 bits per heavy atom. The molecule has 5 nitrogen and oxygen atoms in total. The Kier molecular flexibility index (Phi) is 4.08. The molecule has 5 heteroatoms. The summed E-state index contributed by atoms with van der Waals surface area (Å²) in [4.78, 5) is 11.9. The van der Waals surface area contributed by atoms with Gasteiger partial charge in [-0.25, -0.2) is 0 Å². The average molecular weight is 273 g/mol. The van der Waals surface area contributed by atoms with Gasteiger partial charge in [0.1, 0.15) is 11.6 Å². The van der Waals surface area contributed by atoms with Crippen LogP contribution in [0.4, 0.5) is 5.82 Å². The summed E-state index contributed by atoms with van der Waals surface area (Å²) in [6.45, 7) is 5.80. The Morgan fingerprint density at radius 2 is 2.05 bits per heavy atom. The molecular weight excluding hydrogens is 254 g/mol. The van der Waals surface area contributed by atoms with E-state index >= 15 is 0 Å². The minimum Gasteiger partial charge on any atom is -0.483 e. The van der Waals surface area contributed by atoms with Crippen molar-refractivity contribution in [2.45, 2.75) is 20.8 Å². The largest absolute Gasteiger partial charge is 0.483 e. The zero-order valence-corrected chi connectivity index (χ0v) is 12.2. The van der Waals surface area contributed by atoms with E-state index in [1.807, 2.05) is 45.0 Å². The van der Waals surface area contributed by atoms with Gasteiger partial charge in [0.25, 0.3) is 5.91 Å². The van der Waals surface area contributed by atoms with E-state index in [0.717, 1.165) is 22.6 Å². The minimum absolute atomic E-state index is 0.0193. The second-order valence-corrected chi connectivity index (χ2v) is 4.90. The molecule has 2 rings (SSSR count). The zero-order chi connectivity index (χ0) is 14.7. The lowest BCUT2D eigenvalue weighted by Gasteiger charge is -2.10. The number of ether oxygens (including phenoxy) is 1. The molecule has 0 bridgehead atoms. The molecule has 0 saturated carbocycles. The molecule has 0 fully saturated rings. The standard InChI is InChI=1S/C15H19N3O2/c1-10-5-6-11(2)13(7-10)20-9-15(19)16-14-8-12(3)17-18(14)4/h5-8H,9H2,1-4H3,(H,16,19). The molecule has 0 aliphatic heterocycles. The number of anilines is 1. The third-order valence-corrected chi connectivity index (χ3v) is 2.97. The summed E-state index contributed by atoms with van der Waals surface area (Å²) in [5.41, 5.74) is 2.98. The van der Waals surface area contributed by atoms with Crippen LogP contribution in [-0.4, -0.2) is 22.3 Å². The molecule has 2 aromatic rings. The molecule has 106 valence electrons. The fourth-order valence-electron chi connectivity index (χ4n) is 1.91. The maximum absolute atomic E-state index is 11.9. The van der Waals surface area contributed by atoms with Crippen molar-refractivity contribution in [3.63, 3.8) is 0 Å². The van der Waals surface area contributed by atoms with E-state index in [1.165, 1.54) is 0 Å². The number of nitrogens with zero attached hydrogens (tertiary/aromatic N) is 2. The third kappa shape index (κ3) is 3.38. The van der Waals surface area contributed by atoms with Crippen LogP contribution in [0.25, 0.3) is 0 Å². The van der Waals surface area contributed by atoms with E-state index in [-0.39, 0.29) is 12.5 Å². The fourth-order valence-corrected chi connectivity index (χ4v) is 1.91. The average Bonchev–Trinajstić information content (AvgIpc) is 2.69. The van der Waals surface area contributed by atoms with Crippen molar-refractivity contribution in [1.82, 2.24) is 9.78 Å². The van der Waals surface area contributed by atoms with Crippen LogP contribution in [0.5, 0.6) is 5.75 Å². The van der Waals surface area contributed by atoms with Crippen LogP contribution in [-0.2, 0) is 11.8 Å². The number of hydrogen-bond donors (Lipinski definition) is 1. The first-order chi connectivity index (χ1) is 9.45. The third-order valence-electron chi connectivity index (χ3n) is 2.97. The molecule has 1 aromatic carbocycles. The number of nitrogens with one attached hydrogen (secondary N) is 1. The maximum atomic E-state index is 11.9. The van der Waals surface area contributed by atoms with E-state index in [2.05, 4.69) is 10.4 Å². The fraction of sp³-hybridized carbons (Fsp3) is 0.333. The van der Waals surface area contributed by atoms with Crippen LogP contribution in [0.1, 0.15) is 16.8 Å². The Morgan fingerprint density at radius 1 is 1.30 bits per heavy atom. The molecule has 0 radical (unpaired) electrons. The number of carbonyl (C=O) groups excluding carboxylic acids is 1. The molecule has 0 spiro atoms. The molecule has 0 aliphatic carbocycles. The summed E-state index contributed by atoms with van der Waals surface area (Å²) in [7, 11) is 1.79. The number of aryl methyl sites for hydroxylation is 4. The minimum atomic E-state index is -0.200. The lowest BCUT2D eigenvalue weighted by Crippen LogP contribution is -2.21. The molecular formula is C15H19N3O2. The first kappa shape index (κ1) is 14.1. The highest BCUT2D eigenvalue weighted by Crippen LogP contribution is 2.19. The molecule has 0 atom stereocenters. The molecule has 1 aromatic heterocycles. The van der Waals surface area contributed by atoms with E-state index in [0.29, 0.717) is 5.82 Å².